The van der Waals surface area contributed by atoms with Crippen LogP contribution in [0.25, 0.3) is 22.2 Å². The fourth-order valence-corrected chi connectivity index (χ4v) is 4.57. The van der Waals surface area contributed by atoms with Gasteiger partial charge in [0.1, 0.15) is 0 Å². The molecule has 176 valence electrons. The Morgan fingerprint density at radius 2 is 1.53 bits per heavy atom. The lowest BCUT2D eigenvalue weighted by molar-refractivity contribution is 0.0944. The SMILES string of the molecule is COc1ccc(CN(C)CC(=O)c2c(-c3ccccc3)n(C)c3ccccc23)c(OC)c1OC. The first-order valence-corrected chi connectivity index (χ1v) is 11.1. The molecule has 6 heteroatoms. The first-order chi connectivity index (χ1) is 16.5. The summed E-state index contributed by atoms with van der Waals surface area (Å²) in [5.74, 6) is 1.82. The van der Waals surface area contributed by atoms with Crippen LogP contribution in [0.5, 0.6) is 17.2 Å². The van der Waals surface area contributed by atoms with Gasteiger partial charge in [-0.25, -0.2) is 0 Å². The van der Waals surface area contributed by atoms with Crippen molar-refractivity contribution < 1.29 is 19.0 Å². The minimum atomic E-state index is 0.0672. The van der Waals surface area contributed by atoms with Gasteiger partial charge in [0.15, 0.2) is 17.3 Å². The minimum absolute atomic E-state index is 0.0672. The van der Waals surface area contributed by atoms with Crippen molar-refractivity contribution in [3.63, 3.8) is 0 Å². The Balaban J connectivity index is 1.67. The smallest absolute Gasteiger partial charge is 0.203 e. The average Bonchev–Trinajstić information content (AvgIpc) is 3.16. The van der Waals surface area contributed by atoms with E-state index in [-0.39, 0.29) is 12.3 Å². The van der Waals surface area contributed by atoms with Crippen LogP contribution in [0.4, 0.5) is 0 Å². The number of ketones is 1. The highest BCUT2D eigenvalue weighted by Gasteiger charge is 2.24. The van der Waals surface area contributed by atoms with Crippen LogP contribution in [-0.4, -0.2) is 50.2 Å². The van der Waals surface area contributed by atoms with Crippen LogP contribution in [0.1, 0.15) is 15.9 Å². The number of aromatic nitrogens is 1. The zero-order chi connectivity index (χ0) is 24.2. The lowest BCUT2D eigenvalue weighted by atomic mass is 10.0. The highest BCUT2D eigenvalue weighted by Crippen LogP contribution is 2.40. The van der Waals surface area contributed by atoms with Crippen molar-refractivity contribution in [3.8, 4) is 28.5 Å². The van der Waals surface area contributed by atoms with E-state index in [1.54, 1.807) is 21.3 Å². The number of nitrogens with zero attached hydrogens (tertiary/aromatic N) is 2. The van der Waals surface area contributed by atoms with Crippen molar-refractivity contribution in [1.82, 2.24) is 9.47 Å². The molecule has 0 radical (unpaired) electrons. The van der Waals surface area contributed by atoms with Gasteiger partial charge in [-0.3, -0.25) is 9.69 Å². The molecule has 0 N–H and O–H groups in total. The summed E-state index contributed by atoms with van der Waals surface area (Å²) >= 11 is 0. The Labute approximate surface area is 200 Å². The van der Waals surface area contributed by atoms with Crippen LogP contribution in [0.3, 0.4) is 0 Å². The topological polar surface area (TPSA) is 52.9 Å². The summed E-state index contributed by atoms with van der Waals surface area (Å²) < 4.78 is 18.6. The van der Waals surface area contributed by atoms with Gasteiger partial charge in [-0.1, -0.05) is 54.6 Å². The number of Topliss-reactive ketones (excluding diaryl/α,β-unsaturated/α-hetero) is 1. The Kier molecular flexibility index (Phi) is 6.89. The maximum absolute atomic E-state index is 13.7. The number of methoxy groups -OCH3 is 3. The highest BCUT2D eigenvalue weighted by molar-refractivity contribution is 6.14. The Hall–Kier alpha value is -3.77. The second-order valence-corrected chi connectivity index (χ2v) is 8.25. The third kappa shape index (κ3) is 4.24. The summed E-state index contributed by atoms with van der Waals surface area (Å²) in [6.45, 7) is 0.770. The van der Waals surface area contributed by atoms with Crippen molar-refractivity contribution >= 4 is 16.7 Å². The highest BCUT2D eigenvalue weighted by atomic mass is 16.5. The maximum atomic E-state index is 13.7. The van der Waals surface area contributed by atoms with Crippen molar-refractivity contribution in [2.75, 3.05) is 34.9 Å². The summed E-state index contributed by atoms with van der Waals surface area (Å²) in [6, 6.07) is 21.9. The molecule has 0 bridgehead atoms. The number of rotatable bonds is 9. The van der Waals surface area contributed by atoms with Gasteiger partial charge in [0, 0.05) is 30.1 Å². The number of fused-ring (bicyclic) bond motifs is 1. The van der Waals surface area contributed by atoms with E-state index in [2.05, 4.69) is 10.6 Å². The fraction of sp³-hybridized carbons (Fsp3) is 0.250. The molecule has 0 amide bonds. The van der Waals surface area contributed by atoms with Crippen molar-refractivity contribution in [3.05, 3.63) is 77.9 Å². The van der Waals surface area contributed by atoms with Gasteiger partial charge in [-0.05, 0) is 24.7 Å². The average molecular weight is 459 g/mol. The first kappa shape index (κ1) is 23.4. The number of ether oxygens (including phenoxy) is 3. The molecule has 0 aliphatic rings. The van der Waals surface area contributed by atoms with Gasteiger partial charge in [0.2, 0.25) is 5.75 Å². The molecule has 0 atom stereocenters. The number of carbonyl (C=O) groups is 1. The van der Waals surface area contributed by atoms with Crippen LogP contribution in [0, 0.1) is 0 Å². The van der Waals surface area contributed by atoms with Crippen molar-refractivity contribution in [1.29, 1.82) is 0 Å². The molecule has 0 spiro atoms. The molecule has 3 aromatic carbocycles. The maximum Gasteiger partial charge on any atom is 0.203 e. The summed E-state index contributed by atoms with van der Waals surface area (Å²) in [5, 5.41) is 0.964. The van der Waals surface area contributed by atoms with E-state index in [9.17, 15) is 4.79 Å². The molecule has 0 aliphatic heterocycles. The van der Waals surface area contributed by atoms with E-state index >= 15 is 0 Å². The molecular weight excluding hydrogens is 428 g/mol. The van der Waals surface area contributed by atoms with Crippen LogP contribution in [-0.2, 0) is 13.6 Å². The number of likely N-dealkylation sites (N-methyl/N-ethyl adjacent to an activating group) is 1. The van der Waals surface area contributed by atoms with E-state index < -0.39 is 0 Å². The van der Waals surface area contributed by atoms with Crippen LogP contribution in [0.15, 0.2) is 66.7 Å². The summed E-state index contributed by atoms with van der Waals surface area (Å²) in [4.78, 5) is 15.7. The molecule has 34 heavy (non-hydrogen) atoms. The third-order valence-corrected chi connectivity index (χ3v) is 6.07. The molecule has 4 rings (SSSR count). The Bertz CT molecular complexity index is 1310. The predicted molar refractivity (Wildman–Crippen MR) is 135 cm³/mol. The molecule has 0 saturated carbocycles. The van der Waals surface area contributed by atoms with Gasteiger partial charge < -0.3 is 18.8 Å². The molecule has 0 aliphatic carbocycles. The van der Waals surface area contributed by atoms with Crippen molar-refractivity contribution in [2.45, 2.75) is 6.54 Å². The van der Waals surface area contributed by atoms with Gasteiger partial charge in [0.05, 0.1) is 39.1 Å². The van der Waals surface area contributed by atoms with E-state index in [1.165, 1.54) is 0 Å². The van der Waals surface area contributed by atoms with Gasteiger partial charge >= 0.3 is 0 Å². The Morgan fingerprint density at radius 1 is 0.853 bits per heavy atom. The molecule has 1 heterocycles. The minimum Gasteiger partial charge on any atom is -0.493 e. The third-order valence-electron chi connectivity index (χ3n) is 6.07. The molecular formula is C28H30N2O4. The molecule has 4 aromatic rings. The Morgan fingerprint density at radius 3 is 2.21 bits per heavy atom. The predicted octanol–water partition coefficient (Wildman–Crippen LogP) is 5.19. The largest absolute Gasteiger partial charge is 0.493 e. The van der Waals surface area contributed by atoms with Gasteiger partial charge in [-0.2, -0.15) is 0 Å². The number of benzene rings is 3. The molecule has 6 nitrogen and oxygen atoms in total. The van der Waals surface area contributed by atoms with E-state index in [4.69, 9.17) is 14.2 Å². The van der Waals surface area contributed by atoms with Gasteiger partial charge in [0.25, 0.3) is 0 Å². The summed E-state index contributed by atoms with van der Waals surface area (Å²) in [6.07, 6.45) is 0. The quantitative estimate of drug-likeness (QED) is 0.323. The van der Waals surface area contributed by atoms with Gasteiger partial charge in [-0.15, -0.1) is 0 Å². The lowest BCUT2D eigenvalue weighted by Crippen LogP contribution is -2.26. The number of para-hydroxylation sites is 1. The zero-order valence-corrected chi connectivity index (χ0v) is 20.3. The molecule has 0 saturated heterocycles. The molecule has 1 aromatic heterocycles. The monoisotopic (exact) mass is 458 g/mol. The zero-order valence-electron chi connectivity index (χ0n) is 20.3. The van der Waals surface area contributed by atoms with E-state index in [0.717, 1.165) is 33.3 Å². The lowest BCUT2D eigenvalue weighted by Gasteiger charge is -2.20. The number of carbonyl (C=O) groups excluding carboxylic acids is 1. The van der Waals surface area contributed by atoms with E-state index in [0.29, 0.717) is 23.8 Å². The second-order valence-electron chi connectivity index (χ2n) is 8.25. The van der Waals surface area contributed by atoms with Crippen LogP contribution < -0.4 is 14.2 Å². The standard InChI is InChI=1S/C28H30N2O4/c1-29(17-20-15-16-24(32-3)28(34-5)27(20)33-4)18-23(31)25-21-13-9-10-14-22(21)30(2)26(25)19-11-7-6-8-12-19/h6-16H,17-18H2,1-5H3. The number of aryl methyl sites for hydroxylation is 1. The number of hydrogen-bond acceptors (Lipinski definition) is 5. The first-order valence-electron chi connectivity index (χ1n) is 11.1. The normalized spacial score (nSPS) is 11.1. The summed E-state index contributed by atoms with van der Waals surface area (Å²) in [7, 11) is 8.73. The molecule has 0 unspecified atom stereocenters. The van der Waals surface area contributed by atoms with Crippen molar-refractivity contribution in [2.24, 2.45) is 7.05 Å². The second kappa shape index (κ2) is 10.0. The van der Waals surface area contributed by atoms with E-state index in [1.807, 2.05) is 79.7 Å². The molecule has 0 fully saturated rings. The fourth-order valence-electron chi connectivity index (χ4n) is 4.57. The summed E-state index contributed by atoms with van der Waals surface area (Å²) in [5.41, 5.74) is 4.65. The number of hydrogen-bond donors (Lipinski definition) is 0. The van der Waals surface area contributed by atoms with Crippen LogP contribution >= 0.6 is 0 Å². The van der Waals surface area contributed by atoms with Crippen LogP contribution in [0.2, 0.25) is 0 Å².